The molecule has 0 spiro atoms. The molecule has 2 aromatic rings. The monoisotopic (exact) mass is 466 g/mol. The number of ether oxygens (including phenoxy) is 2. The van der Waals surface area contributed by atoms with Crippen LogP contribution in [0.4, 0.5) is 0 Å². The van der Waals surface area contributed by atoms with Crippen LogP contribution in [0.2, 0.25) is 0 Å². The molecule has 0 aromatic heterocycles. The smallest absolute Gasteiger partial charge is 0.295 e. The summed E-state index contributed by atoms with van der Waals surface area (Å²) in [5, 5.41) is 11.5. The van der Waals surface area contributed by atoms with E-state index in [-0.39, 0.29) is 17.4 Å². The van der Waals surface area contributed by atoms with E-state index in [9.17, 15) is 14.7 Å². The van der Waals surface area contributed by atoms with Crippen LogP contribution in [0, 0.1) is 13.8 Å². The number of aliphatic hydroxyl groups excluding tert-OH is 1. The van der Waals surface area contributed by atoms with Crippen LogP contribution < -0.4 is 9.47 Å². The Labute approximate surface area is 201 Å². The fourth-order valence-corrected chi connectivity index (χ4v) is 4.36. The fourth-order valence-electron chi connectivity index (χ4n) is 4.36. The summed E-state index contributed by atoms with van der Waals surface area (Å²) >= 11 is 0. The molecule has 1 aliphatic heterocycles. The molecule has 1 unspecified atom stereocenters. The molecule has 0 bridgehead atoms. The van der Waals surface area contributed by atoms with Crippen molar-refractivity contribution in [2.24, 2.45) is 0 Å². The highest BCUT2D eigenvalue weighted by Crippen LogP contribution is 2.44. The number of methoxy groups -OCH3 is 1. The van der Waals surface area contributed by atoms with Crippen molar-refractivity contribution in [3.05, 3.63) is 64.2 Å². The second-order valence-corrected chi connectivity index (χ2v) is 9.16. The Bertz CT molecular complexity index is 1120. The Hall–Kier alpha value is -3.32. The maximum Gasteiger partial charge on any atom is 0.295 e. The number of carbonyl (C=O) groups is 2. The first-order valence-corrected chi connectivity index (χ1v) is 11.4. The van der Waals surface area contributed by atoms with Gasteiger partial charge in [0.05, 0.1) is 30.4 Å². The van der Waals surface area contributed by atoms with Gasteiger partial charge in [-0.3, -0.25) is 9.59 Å². The third kappa shape index (κ3) is 4.94. The van der Waals surface area contributed by atoms with E-state index in [0.717, 1.165) is 11.1 Å². The summed E-state index contributed by atoms with van der Waals surface area (Å²) in [4.78, 5) is 30.0. The SMILES string of the molecule is COc1c(C)cc(C)cc1/C(O)=C1\C(=O)C(=O)N(CCN(C)C)C1c1ccccc1OC(C)C. The van der Waals surface area contributed by atoms with E-state index in [1.807, 2.05) is 77.0 Å². The van der Waals surface area contributed by atoms with Gasteiger partial charge in [-0.05, 0) is 65.0 Å². The van der Waals surface area contributed by atoms with E-state index in [1.165, 1.54) is 12.0 Å². The minimum Gasteiger partial charge on any atom is -0.507 e. The predicted molar refractivity (Wildman–Crippen MR) is 132 cm³/mol. The number of likely N-dealkylation sites (tertiary alicyclic amines) is 1. The number of amides is 1. The molecular formula is C27H34N2O5. The van der Waals surface area contributed by atoms with E-state index in [1.54, 1.807) is 6.07 Å². The fraction of sp³-hybridized carbons (Fsp3) is 0.407. The minimum atomic E-state index is -0.791. The zero-order valence-electron chi connectivity index (χ0n) is 21.0. The lowest BCUT2D eigenvalue weighted by molar-refractivity contribution is -0.140. The predicted octanol–water partition coefficient (Wildman–Crippen LogP) is 4.08. The number of para-hydroxylation sites is 1. The normalized spacial score (nSPS) is 17.7. The van der Waals surface area contributed by atoms with Crippen LogP contribution >= 0.6 is 0 Å². The number of likely N-dealkylation sites (N-methyl/N-ethyl adjacent to an activating group) is 1. The standard InChI is InChI=1S/C27H34N2O5/c1-16(2)34-21-11-9-8-10-19(21)23-22(25(31)27(32)29(23)13-12-28(5)6)24(30)20-15-17(3)14-18(4)26(20)33-7/h8-11,14-16,23,30H,12-13H2,1-7H3/b24-22+. The molecular weight excluding hydrogens is 432 g/mol. The van der Waals surface area contributed by atoms with Crippen LogP contribution in [0.15, 0.2) is 42.0 Å². The first kappa shape index (κ1) is 25.3. The molecule has 1 aliphatic rings. The quantitative estimate of drug-likeness (QED) is 0.359. The third-order valence-corrected chi connectivity index (χ3v) is 5.78. The zero-order chi connectivity index (χ0) is 25.2. The molecule has 7 nitrogen and oxygen atoms in total. The number of nitrogens with zero attached hydrogens (tertiary/aromatic N) is 2. The van der Waals surface area contributed by atoms with E-state index < -0.39 is 17.7 Å². The molecule has 0 radical (unpaired) electrons. The Morgan fingerprint density at radius 1 is 1.15 bits per heavy atom. The third-order valence-electron chi connectivity index (χ3n) is 5.78. The van der Waals surface area contributed by atoms with Gasteiger partial charge in [-0.15, -0.1) is 0 Å². The lowest BCUT2D eigenvalue weighted by Gasteiger charge is -2.28. The summed E-state index contributed by atoms with van der Waals surface area (Å²) in [6.07, 6.45) is -0.107. The van der Waals surface area contributed by atoms with Crippen molar-refractivity contribution in [3.8, 4) is 11.5 Å². The topological polar surface area (TPSA) is 79.3 Å². The summed E-state index contributed by atoms with van der Waals surface area (Å²) in [5.74, 6) is -0.581. The Kier molecular flexibility index (Phi) is 7.67. The zero-order valence-corrected chi connectivity index (χ0v) is 21.0. The van der Waals surface area contributed by atoms with Crippen LogP contribution in [0.1, 0.15) is 42.1 Å². The molecule has 34 heavy (non-hydrogen) atoms. The Morgan fingerprint density at radius 3 is 2.44 bits per heavy atom. The van der Waals surface area contributed by atoms with Gasteiger partial charge in [-0.2, -0.15) is 0 Å². The molecule has 1 saturated heterocycles. The van der Waals surface area contributed by atoms with Gasteiger partial charge < -0.3 is 24.4 Å². The van der Waals surface area contributed by atoms with Crippen LogP contribution in [-0.4, -0.2) is 67.0 Å². The van der Waals surface area contributed by atoms with E-state index in [4.69, 9.17) is 9.47 Å². The van der Waals surface area contributed by atoms with Crippen molar-refractivity contribution >= 4 is 17.4 Å². The van der Waals surface area contributed by atoms with Gasteiger partial charge in [0, 0.05) is 18.7 Å². The van der Waals surface area contributed by atoms with Crippen LogP contribution in [0.3, 0.4) is 0 Å². The number of Topliss-reactive ketones (excluding diaryl/α,β-unsaturated/α-hetero) is 1. The minimum absolute atomic E-state index is 0.0341. The Morgan fingerprint density at radius 2 is 1.82 bits per heavy atom. The lowest BCUT2D eigenvalue weighted by atomic mass is 9.93. The summed E-state index contributed by atoms with van der Waals surface area (Å²) < 4.78 is 11.6. The summed E-state index contributed by atoms with van der Waals surface area (Å²) in [7, 11) is 5.33. The molecule has 1 N–H and O–H groups in total. The van der Waals surface area contributed by atoms with Crippen LogP contribution in [-0.2, 0) is 9.59 Å². The highest BCUT2D eigenvalue weighted by atomic mass is 16.5. The van der Waals surface area contributed by atoms with Crippen molar-refractivity contribution in [3.63, 3.8) is 0 Å². The molecule has 1 amide bonds. The van der Waals surface area contributed by atoms with E-state index >= 15 is 0 Å². The van der Waals surface area contributed by atoms with E-state index in [2.05, 4.69) is 0 Å². The number of benzene rings is 2. The van der Waals surface area contributed by atoms with Gasteiger partial charge in [0.15, 0.2) is 0 Å². The number of rotatable bonds is 8. The summed E-state index contributed by atoms with van der Waals surface area (Å²) in [6.45, 7) is 8.49. The van der Waals surface area contributed by atoms with E-state index in [0.29, 0.717) is 35.7 Å². The Balaban J connectivity index is 2.29. The maximum absolute atomic E-state index is 13.4. The van der Waals surface area contributed by atoms with Gasteiger partial charge >= 0.3 is 0 Å². The molecule has 0 saturated carbocycles. The molecule has 1 heterocycles. The molecule has 1 fully saturated rings. The molecule has 182 valence electrons. The van der Waals surface area contributed by atoms with Crippen LogP contribution in [0.25, 0.3) is 5.76 Å². The van der Waals surface area contributed by atoms with Crippen molar-refractivity contribution < 1.29 is 24.2 Å². The van der Waals surface area contributed by atoms with Gasteiger partial charge in [-0.25, -0.2) is 0 Å². The number of hydrogen-bond acceptors (Lipinski definition) is 6. The summed E-state index contributed by atoms with van der Waals surface area (Å²) in [6, 6.07) is 10.3. The largest absolute Gasteiger partial charge is 0.507 e. The number of aliphatic hydroxyl groups is 1. The second kappa shape index (κ2) is 10.3. The number of ketones is 1. The molecule has 1 atom stereocenters. The maximum atomic E-state index is 13.4. The number of hydrogen-bond donors (Lipinski definition) is 1. The molecule has 7 heteroatoms. The summed E-state index contributed by atoms with van der Waals surface area (Å²) in [5.41, 5.74) is 2.80. The number of aryl methyl sites for hydroxylation is 2. The first-order chi connectivity index (χ1) is 16.1. The van der Waals surface area contributed by atoms with Crippen molar-refractivity contribution in [1.82, 2.24) is 9.80 Å². The second-order valence-electron chi connectivity index (χ2n) is 9.16. The highest BCUT2D eigenvalue weighted by molar-refractivity contribution is 6.46. The van der Waals surface area contributed by atoms with Gasteiger partial charge in [0.1, 0.15) is 17.3 Å². The van der Waals surface area contributed by atoms with Gasteiger partial charge in [0.25, 0.3) is 11.7 Å². The molecule has 2 aromatic carbocycles. The van der Waals surface area contributed by atoms with Crippen LogP contribution in [0.5, 0.6) is 11.5 Å². The van der Waals surface area contributed by atoms with Crippen molar-refractivity contribution in [2.75, 3.05) is 34.3 Å². The molecule has 3 rings (SSSR count). The van der Waals surface area contributed by atoms with Crippen molar-refractivity contribution in [1.29, 1.82) is 0 Å². The van der Waals surface area contributed by atoms with Gasteiger partial charge in [-0.1, -0.05) is 24.3 Å². The van der Waals surface area contributed by atoms with Gasteiger partial charge in [0.2, 0.25) is 0 Å². The average molecular weight is 467 g/mol. The first-order valence-electron chi connectivity index (χ1n) is 11.4. The average Bonchev–Trinajstić information content (AvgIpc) is 3.01. The number of carbonyl (C=O) groups excluding carboxylic acids is 2. The molecule has 0 aliphatic carbocycles. The highest BCUT2D eigenvalue weighted by Gasteiger charge is 2.47. The lowest BCUT2D eigenvalue weighted by Crippen LogP contribution is -2.35. The van der Waals surface area contributed by atoms with Crippen molar-refractivity contribution in [2.45, 2.75) is 39.8 Å².